The quantitative estimate of drug-likeness (QED) is 0.849. The fourth-order valence-corrected chi connectivity index (χ4v) is 1.57. The predicted octanol–water partition coefficient (Wildman–Crippen LogP) is 2.94. The van der Waals surface area contributed by atoms with Crippen LogP contribution in [0.25, 0.3) is 0 Å². The Bertz CT molecular complexity index is 478. The van der Waals surface area contributed by atoms with E-state index in [2.05, 4.69) is 10.1 Å². The highest BCUT2D eigenvalue weighted by molar-refractivity contribution is 5.95. The van der Waals surface area contributed by atoms with Crippen molar-refractivity contribution in [2.45, 2.75) is 32.5 Å². The zero-order valence-electron chi connectivity index (χ0n) is 11.9. The number of carbonyl (C=O) groups is 1. The molecule has 2 atom stereocenters. The summed E-state index contributed by atoms with van der Waals surface area (Å²) in [6.07, 6.45) is -3.65. The number of carbonyl (C=O) groups excluding carboxylic acids is 1. The van der Waals surface area contributed by atoms with Gasteiger partial charge in [-0.25, -0.2) is 0 Å². The van der Waals surface area contributed by atoms with Gasteiger partial charge in [0.1, 0.15) is 5.75 Å². The van der Waals surface area contributed by atoms with Gasteiger partial charge >= 0.3 is 6.18 Å². The highest BCUT2D eigenvalue weighted by Crippen LogP contribution is 2.21. The average Bonchev–Trinajstić information content (AvgIpc) is 2.43. The van der Waals surface area contributed by atoms with Crippen LogP contribution < -0.4 is 15.8 Å². The molecule has 2 unspecified atom stereocenters. The van der Waals surface area contributed by atoms with Gasteiger partial charge in [-0.05, 0) is 18.1 Å². The van der Waals surface area contributed by atoms with E-state index in [0.717, 1.165) is 6.42 Å². The van der Waals surface area contributed by atoms with E-state index in [1.54, 1.807) is 6.07 Å². The van der Waals surface area contributed by atoms with Crippen molar-refractivity contribution in [3.05, 3.63) is 24.3 Å². The molecule has 4 nitrogen and oxygen atoms in total. The van der Waals surface area contributed by atoms with Gasteiger partial charge in [0.25, 0.3) is 0 Å². The summed E-state index contributed by atoms with van der Waals surface area (Å²) in [4.78, 5) is 11.9. The van der Waals surface area contributed by atoms with Crippen molar-refractivity contribution in [2.75, 3.05) is 11.9 Å². The van der Waals surface area contributed by atoms with Gasteiger partial charge in [0, 0.05) is 11.8 Å². The summed E-state index contributed by atoms with van der Waals surface area (Å²) < 4.78 is 40.8. The number of amides is 1. The molecule has 0 saturated heterocycles. The number of benzene rings is 1. The Kier molecular flexibility index (Phi) is 6.02. The maximum atomic E-state index is 12.1. The van der Waals surface area contributed by atoms with E-state index >= 15 is 0 Å². The maximum absolute atomic E-state index is 12.1. The molecule has 1 rings (SSSR count). The smallest absolute Gasteiger partial charge is 0.422 e. The van der Waals surface area contributed by atoms with E-state index in [-0.39, 0.29) is 17.6 Å². The normalized spacial score (nSPS) is 14.4. The topological polar surface area (TPSA) is 64.4 Å². The molecule has 0 spiro atoms. The molecule has 0 heterocycles. The van der Waals surface area contributed by atoms with Crippen LogP contribution in [0.2, 0.25) is 0 Å². The van der Waals surface area contributed by atoms with Crippen molar-refractivity contribution in [3.63, 3.8) is 0 Å². The number of hydrogen-bond acceptors (Lipinski definition) is 3. The zero-order valence-corrected chi connectivity index (χ0v) is 11.9. The van der Waals surface area contributed by atoms with E-state index < -0.39 is 18.8 Å². The number of nitrogens with one attached hydrogen (secondary N) is 1. The molecule has 118 valence electrons. The molecule has 0 fully saturated rings. The number of ether oxygens (including phenoxy) is 1. The molecule has 21 heavy (non-hydrogen) atoms. The fourth-order valence-electron chi connectivity index (χ4n) is 1.57. The molecule has 1 amide bonds. The van der Waals surface area contributed by atoms with Crippen LogP contribution in [0.3, 0.4) is 0 Å². The maximum Gasteiger partial charge on any atom is 0.422 e. The van der Waals surface area contributed by atoms with Gasteiger partial charge in [-0.1, -0.05) is 26.3 Å². The third-order valence-corrected chi connectivity index (χ3v) is 3.06. The number of halogens is 3. The molecule has 0 bridgehead atoms. The van der Waals surface area contributed by atoms with E-state index in [1.165, 1.54) is 18.2 Å². The van der Waals surface area contributed by atoms with Crippen LogP contribution in [0.4, 0.5) is 18.9 Å². The van der Waals surface area contributed by atoms with Crippen LogP contribution in [0.15, 0.2) is 24.3 Å². The number of nitrogens with two attached hydrogens (primary N) is 1. The Balaban J connectivity index is 2.66. The third kappa shape index (κ3) is 6.03. The Morgan fingerprint density at radius 2 is 2.10 bits per heavy atom. The lowest BCUT2D eigenvalue weighted by Gasteiger charge is -2.18. The number of hydrogen-bond donors (Lipinski definition) is 2. The van der Waals surface area contributed by atoms with Crippen molar-refractivity contribution in [3.8, 4) is 5.75 Å². The van der Waals surface area contributed by atoms with Gasteiger partial charge in [-0.15, -0.1) is 0 Å². The molecule has 7 heteroatoms. The minimum Gasteiger partial charge on any atom is -0.484 e. The highest BCUT2D eigenvalue weighted by Gasteiger charge is 2.28. The van der Waals surface area contributed by atoms with Gasteiger partial charge in [-0.3, -0.25) is 4.79 Å². The molecular formula is C14H19F3N2O2. The van der Waals surface area contributed by atoms with Crippen molar-refractivity contribution in [1.82, 2.24) is 0 Å². The predicted molar refractivity (Wildman–Crippen MR) is 74.1 cm³/mol. The van der Waals surface area contributed by atoms with E-state index in [4.69, 9.17) is 5.73 Å². The summed E-state index contributed by atoms with van der Waals surface area (Å²) in [5.74, 6) is -0.339. The zero-order chi connectivity index (χ0) is 16.0. The summed E-state index contributed by atoms with van der Waals surface area (Å²) in [7, 11) is 0. The summed E-state index contributed by atoms with van der Waals surface area (Å²) >= 11 is 0. The van der Waals surface area contributed by atoms with E-state index in [1.807, 2.05) is 13.8 Å². The van der Waals surface area contributed by atoms with Crippen molar-refractivity contribution in [1.29, 1.82) is 0 Å². The number of alkyl halides is 3. The lowest BCUT2D eigenvalue weighted by atomic mass is 9.99. The fraction of sp³-hybridized carbons (Fsp3) is 0.500. The van der Waals surface area contributed by atoms with Crippen LogP contribution in [-0.2, 0) is 4.79 Å². The first-order valence-electron chi connectivity index (χ1n) is 6.59. The lowest BCUT2D eigenvalue weighted by Crippen LogP contribution is -2.40. The summed E-state index contributed by atoms with van der Waals surface area (Å²) in [5.41, 5.74) is 6.13. The average molecular weight is 304 g/mol. The first-order chi connectivity index (χ1) is 9.73. The lowest BCUT2D eigenvalue weighted by molar-refractivity contribution is -0.153. The number of rotatable bonds is 6. The van der Waals surface area contributed by atoms with Crippen LogP contribution in [-0.4, -0.2) is 24.7 Å². The first kappa shape index (κ1) is 17.3. The van der Waals surface area contributed by atoms with Crippen LogP contribution in [0.5, 0.6) is 5.75 Å². The largest absolute Gasteiger partial charge is 0.484 e. The van der Waals surface area contributed by atoms with Crippen LogP contribution in [0, 0.1) is 5.92 Å². The van der Waals surface area contributed by atoms with Gasteiger partial charge in [-0.2, -0.15) is 13.2 Å². The second-order valence-electron chi connectivity index (χ2n) is 4.83. The monoisotopic (exact) mass is 304 g/mol. The van der Waals surface area contributed by atoms with Crippen molar-refractivity contribution >= 4 is 11.6 Å². The molecule has 0 saturated carbocycles. The molecule has 0 radical (unpaired) electrons. The van der Waals surface area contributed by atoms with Crippen molar-refractivity contribution in [2.24, 2.45) is 11.7 Å². The Morgan fingerprint density at radius 1 is 1.43 bits per heavy atom. The number of anilines is 1. The minimum atomic E-state index is -4.40. The second kappa shape index (κ2) is 7.31. The summed E-state index contributed by atoms with van der Waals surface area (Å²) in [5, 5.41) is 2.57. The van der Waals surface area contributed by atoms with Crippen molar-refractivity contribution < 1.29 is 22.7 Å². The first-order valence-corrected chi connectivity index (χ1v) is 6.59. The van der Waals surface area contributed by atoms with Gasteiger partial charge in [0.2, 0.25) is 5.91 Å². The standard InChI is InChI=1S/C14H19F3N2O2/c1-3-9(2)12(18)13(20)19-10-5-4-6-11(7-10)21-8-14(15,16)17/h4-7,9,12H,3,8,18H2,1-2H3,(H,19,20). The SMILES string of the molecule is CCC(C)C(N)C(=O)Nc1cccc(OCC(F)(F)F)c1. The summed E-state index contributed by atoms with van der Waals surface area (Å²) in [6.45, 7) is 2.40. The second-order valence-corrected chi connectivity index (χ2v) is 4.83. The molecular weight excluding hydrogens is 285 g/mol. The minimum absolute atomic E-state index is 0.00895. The molecule has 1 aromatic carbocycles. The van der Waals surface area contributed by atoms with Gasteiger partial charge in [0.15, 0.2) is 6.61 Å². The van der Waals surface area contributed by atoms with E-state index in [0.29, 0.717) is 5.69 Å². The Labute approximate surface area is 121 Å². The molecule has 3 N–H and O–H groups in total. The van der Waals surface area contributed by atoms with Crippen LogP contribution in [0.1, 0.15) is 20.3 Å². The summed E-state index contributed by atoms with van der Waals surface area (Å²) in [6, 6.07) is 5.09. The third-order valence-electron chi connectivity index (χ3n) is 3.06. The molecule has 0 aliphatic heterocycles. The highest BCUT2D eigenvalue weighted by atomic mass is 19.4. The molecule has 0 aliphatic rings. The molecule has 1 aromatic rings. The van der Waals surface area contributed by atoms with Gasteiger partial charge < -0.3 is 15.8 Å². The Hall–Kier alpha value is -1.76. The molecule has 0 aromatic heterocycles. The van der Waals surface area contributed by atoms with Crippen LogP contribution >= 0.6 is 0 Å². The Morgan fingerprint density at radius 3 is 2.67 bits per heavy atom. The molecule has 0 aliphatic carbocycles. The van der Waals surface area contributed by atoms with Gasteiger partial charge in [0.05, 0.1) is 6.04 Å². The van der Waals surface area contributed by atoms with E-state index in [9.17, 15) is 18.0 Å².